The average molecular weight is 156 g/mol. The summed E-state index contributed by atoms with van der Waals surface area (Å²) in [5, 5.41) is 0. The SMILES string of the molecule is CCCC(C)/C=C(\C)C(N)N. The van der Waals surface area contributed by atoms with Gasteiger partial charge >= 0.3 is 0 Å². The molecule has 0 aromatic heterocycles. The van der Waals surface area contributed by atoms with Gasteiger partial charge in [-0.25, -0.2) is 0 Å². The third-order valence-electron chi connectivity index (χ3n) is 1.82. The smallest absolute Gasteiger partial charge is 0.0740 e. The number of rotatable bonds is 4. The lowest BCUT2D eigenvalue weighted by molar-refractivity contribution is 0.623. The van der Waals surface area contributed by atoms with Crippen molar-refractivity contribution in [3.63, 3.8) is 0 Å². The van der Waals surface area contributed by atoms with E-state index in [0.29, 0.717) is 5.92 Å². The van der Waals surface area contributed by atoms with E-state index < -0.39 is 0 Å². The molecule has 0 spiro atoms. The zero-order valence-corrected chi connectivity index (χ0v) is 7.80. The van der Waals surface area contributed by atoms with Gasteiger partial charge in [0.05, 0.1) is 6.17 Å². The average Bonchev–Trinajstić information content (AvgIpc) is 1.87. The van der Waals surface area contributed by atoms with Crippen LogP contribution in [0.3, 0.4) is 0 Å². The molecule has 66 valence electrons. The molecule has 1 atom stereocenters. The third-order valence-corrected chi connectivity index (χ3v) is 1.82. The van der Waals surface area contributed by atoms with E-state index >= 15 is 0 Å². The Balaban J connectivity index is 3.86. The lowest BCUT2D eigenvalue weighted by Crippen LogP contribution is -2.31. The Morgan fingerprint density at radius 2 is 2.00 bits per heavy atom. The summed E-state index contributed by atoms with van der Waals surface area (Å²) in [6, 6.07) is 0. The van der Waals surface area contributed by atoms with E-state index in [9.17, 15) is 0 Å². The lowest BCUT2D eigenvalue weighted by atomic mass is 10.0. The maximum absolute atomic E-state index is 5.49. The zero-order valence-electron chi connectivity index (χ0n) is 7.80. The molecule has 0 fully saturated rings. The van der Waals surface area contributed by atoms with Crippen LogP contribution in [-0.4, -0.2) is 6.17 Å². The van der Waals surface area contributed by atoms with Gasteiger partial charge in [-0.05, 0) is 24.8 Å². The molecule has 0 aliphatic heterocycles. The molecule has 0 bridgehead atoms. The summed E-state index contributed by atoms with van der Waals surface area (Å²) in [4.78, 5) is 0. The number of nitrogens with two attached hydrogens (primary N) is 2. The highest BCUT2D eigenvalue weighted by atomic mass is 14.8. The van der Waals surface area contributed by atoms with Gasteiger partial charge in [-0.1, -0.05) is 26.3 Å². The molecule has 0 rings (SSSR count). The van der Waals surface area contributed by atoms with Crippen LogP contribution in [-0.2, 0) is 0 Å². The molecular weight excluding hydrogens is 136 g/mol. The van der Waals surface area contributed by atoms with Gasteiger partial charge in [-0.15, -0.1) is 0 Å². The molecule has 2 nitrogen and oxygen atoms in total. The number of hydrogen-bond acceptors (Lipinski definition) is 2. The van der Waals surface area contributed by atoms with Gasteiger partial charge in [0.25, 0.3) is 0 Å². The van der Waals surface area contributed by atoms with E-state index in [-0.39, 0.29) is 6.17 Å². The predicted octanol–water partition coefficient (Wildman–Crippen LogP) is 1.61. The maximum Gasteiger partial charge on any atom is 0.0740 e. The van der Waals surface area contributed by atoms with E-state index in [2.05, 4.69) is 19.9 Å². The van der Waals surface area contributed by atoms with E-state index in [1.165, 1.54) is 12.8 Å². The normalized spacial score (nSPS) is 15.6. The molecule has 11 heavy (non-hydrogen) atoms. The molecule has 0 heterocycles. The van der Waals surface area contributed by atoms with E-state index in [1.54, 1.807) is 0 Å². The maximum atomic E-state index is 5.49. The quantitative estimate of drug-likeness (QED) is 0.480. The minimum atomic E-state index is -0.283. The van der Waals surface area contributed by atoms with Gasteiger partial charge in [0.1, 0.15) is 0 Å². The van der Waals surface area contributed by atoms with E-state index in [4.69, 9.17) is 11.5 Å². The second-order valence-corrected chi connectivity index (χ2v) is 3.20. The molecular formula is C9H20N2. The van der Waals surface area contributed by atoms with E-state index in [0.717, 1.165) is 5.57 Å². The van der Waals surface area contributed by atoms with Gasteiger partial charge in [0.15, 0.2) is 0 Å². The summed E-state index contributed by atoms with van der Waals surface area (Å²) >= 11 is 0. The van der Waals surface area contributed by atoms with Gasteiger partial charge < -0.3 is 11.5 Å². The van der Waals surface area contributed by atoms with Crippen molar-refractivity contribution >= 4 is 0 Å². The molecule has 0 saturated heterocycles. The summed E-state index contributed by atoms with van der Waals surface area (Å²) in [7, 11) is 0. The van der Waals surface area contributed by atoms with Crippen molar-refractivity contribution in [2.75, 3.05) is 0 Å². The van der Waals surface area contributed by atoms with Crippen LogP contribution in [0.5, 0.6) is 0 Å². The summed E-state index contributed by atoms with van der Waals surface area (Å²) in [5.74, 6) is 0.606. The second kappa shape index (κ2) is 5.33. The molecule has 0 aliphatic carbocycles. The highest BCUT2D eigenvalue weighted by Gasteiger charge is 2.00. The van der Waals surface area contributed by atoms with E-state index in [1.807, 2.05) is 6.92 Å². The first kappa shape index (κ1) is 10.7. The first-order chi connectivity index (χ1) is 5.07. The minimum Gasteiger partial charge on any atom is -0.313 e. The molecule has 0 radical (unpaired) electrons. The standard InChI is InChI=1S/C9H20N2/c1-4-5-7(2)6-8(3)9(10)11/h6-7,9H,4-5,10-11H2,1-3H3/b8-6+. The fourth-order valence-electron chi connectivity index (χ4n) is 1.10. The van der Waals surface area contributed by atoms with Gasteiger partial charge in [0.2, 0.25) is 0 Å². The van der Waals surface area contributed by atoms with Crippen molar-refractivity contribution in [3.8, 4) is 0 Å². The molecule has 2 heteroatoms. The molecule has 4 N–H and O–H groups in total. The van der Waals surface area contributed by atoms with Crippen molar-refractivity contribution in [3.05, 3.63) is 11.6 Å². The minimum absolute atomic E-state index is 0.283. The first-order valence-electron chi connectivity index (χ1n) is 4.27. The van der Waals surface area contributed by atoms with Crippen LogP contribution in [0, 0.1) is 5.92 Å². The van der Waals surface area contributed by atoms with Crippen molar-refractivity contribution in [1.82, 2.24) is 0 Å². The third kappa shape index (κ3) is 4.99. The summed E-state index contributed by atoms with van der Waals surface area (Å²) in [6.07, 6.45) is 4.30. The largest absolute Gasteiger partial charge is 0.313 e. The Hall–Kier alpha value is -0.340. The number of allylic oxidation sites excluding steroid dienone is 1. The number of hydrogen-bond donors (Lipinski definition) is 2. The van der Waals surface area contributed by atoms with Crippen LogP contribution in [0.4, 0.5) is 0 Å². The Kier molecular flexibility index (Phi) is 5.16. The Bertz CT molecular complexity index is 128. The molecule has 0 aromatic carbocycles. The van der Waals surface area contributed by atoms with Crippen molar-refractivity contribution in [2.24, 2.45) is 17.4 Å². The van der Waals surface area contributed by atoms with Crippen molar-refractivity contribution < 1.29 is 0 Å². The summed E-state index contributed by atoms with van der Waals surface area (Å²) < 4.78 is 0. The molecule has 0 aliphatic rings. The molecule has 0 aromatic rings. The van der Waals surface area contributed by atoms with Crippen molar-refractivity contribution in [1.29, 1.82) is 0 Å². The Morgan fingerprint density at radius 3 is 2.36 bits per heavy atom. The first-order valence-corrected chi connectivity index (χ1v) is 4.27. The Labute approximate surface area is 69.6 Å². The monoisotopic (exact) mass is 156 g/mol. The van der Waals surface area contributed by atoms with Crippen LogP contribution in [0.1, 0.15) is 33.6 Å². The summed E-state index contributed by atoms with van der Waals surface area (Å²) in [6.45, 7) is 6.36. The second-order valence-electron chi connectivity index (χ2n) is 3.20. The molecule has 0 saturated carbocycles. The fraction of sp³-hybridized carbons (Fsp3) is 0.778. The van der Waals surface area contributed by atoms with Crippen LogP contribution in [0.2, 0.25) is 0 Å². The highest BCUT2D eigenvalue weighted by molar-refractivity contribution is 5.05. The van der Waals surface area contributed by atoms with Gasteiger partial charge in [-0.2, -0.15) is 0 Å². The summed E-state index contributed by atoms with van der Waals surface area (Å²) in [5.41, 5.74) is 12.1. The van der Waals surface area contributed by atoms with Gasteiger partial charge in [0, 0.05) is 0 Å². The molecule has 0 amide bonds. The predicted molar refractivity (Wildman–Crippen MR) is 50.0 cm³/mol. The zero-order chi connectivity index (χ0) is 8.85. The molecule has 1 unspecified atom stereocenters. The topological polar surface area (TPSA) is 52.0 Å². The van der Waals surface area contributed by atoms with Crippen LogP contribution >= 0.6 is 0 Å². The van der Waals surface area contributed by atoms with Gasteiger partial charge in [-0.3, -0.25) is 0 Å². The fourth-order valence-corrected chi connectivity index (χ4v) is 1.10. The van der Waals surface area contributed by atoms with Crippen LogP contribution in [0.25, 0.3) is 0 Å². The van der Waals surface area contributed by atoms with Crippen LogP contribution < -0.4 is 11.5 Å². The van der Waals surface area contributed by atoms with Crippen LogP contribution in [0.15, 0.2) is 11.6 Å². The highest BCUT2D eigenvalue weighted by Crippen LogP contribution is 2.09. The lowest BCUT2D eigenvalue weighted by Gasteiger charge is -2.09. The van der Waals surface area contributed by atoms with Crippen molar-refractivity contribution in [2.45, 2.75) is 39.8 Å². The Morgan fingerprint density at radius 1 is 1.45 bits per heavy atom.